The Morgan fingerprint density at radius 1 is 1.00 bits per heavy atom. The van der Waals surface area contributed by atoms with Crippen LogP contribution >= 0.6 is 0 Å². The van der Waals surface area contributed by atoms with Gasteiger partial charge in [-0.1, -0.05) is 26.2 Å². The van der Waals surface area contributed by atoms with E-state index in [1.807, 2.05) is 0 Å². The third-order valence-corrected chi connectivity index (χ3v) is 8.39. The smallest absolute Gasteiger partial charge is 0.214 e. The molecule has 0 amide bonds. The van der Waals surface area contributed by atoms with E-state index in [1.54, 1.807) is 6.92 Å². The maximum atomic E-state index is 12.2. The second kappa shape index (κ2) is 5.69. The van der Waals surface area contributed by atoms with Gasteiger partial charge in [-0.05, 0) is 18.8 Å². The summed E-state index contributed by atoms with van der Waals surface area (Å²) in [6.07, 6.45) is 5.42. The Labute approximate surface area is 116 Å². The van der Waals surface area contributed by atoms with Gasteiger partial charge in [-0.25, -0.2) is 16.8 Å². The lowest BCUT2D eigenvalue weighted by molar-refractivity contribution is 0.301. The minimum atomic E-state index is -3.26. The van der Waals surface area contributed by atoms with E-state index in [4.69, 9.17) is 0 Å². The van der Waals surface area contributed by atoms with E-state index >= 15 is 0 Å². The Bertz CT molecular complexity index is 500. The van der Waals surface area contributed by atoms with Crippen molar-refractivity contribution in [1.82, 2.24) is 4.31 Å². The Hall–Kier alpha value is -0.140. The molecular formula is C12H23NO4S2. The maximum Gasteiger partial charge on any atom is 0.214 e. The molecule has 0 atom stereocenters. The summed E-state index contributed by atoms with van der Waals surface area (Å²) >= 11 is 0. The van der Waals surface area contributed by atoms with Crippen molar-refractivity contribution in [3.63, 3.8) is 0 Å². The van der Waals surface area contributed by atoms with Crippen LogP contribution in [0.5, 0.6) is 0 Å². The highest BCUT2D eigenvalue weighted by molar-refractivity contribution is 7.92. The van der Waals surface area contributed by atoms with Crippen LogP contribution in [-0.4, -0.2) is 51.0 Å². The van der Waals surface area contributed by atoms with E-state index in [0.717, 1.165) is 25.7 Å². The molecule has 0 N–H and O–H groups in total. The van der Waals surface area contributed by atoms with Crippen LogP contribution in [0.4, 0.5) is 0 Å². The van der Waals surface area contributed by atoms with Crippen molar-refractivity contribution in [2.75, 3.05) is 24.6 Å². The number of rotatable bonds is 5. The molecule has 1 aliphatic carbocycles. The number of sulfonamides is 1. The van der Waals surface area contributed by atoms with Gasteiger partial charge in [0.05, 0.1) is 11.0 Å². The largest absolute Gasteiger partial charge is 0.228 e. The lowest BCUT2D eigenvalue weighted by atomic mass is 9.91. The molecule has 0 unspecified atom stereocenters. The zero-order valence-electron chi connectivity index (χ0n) is 11.4. The Morgan fingerprint density at radius 2 is 1.58 bits per heavy atom. The van der Waals surface area contributed by atoms with Crippen LogP contribution in [0.3, 0.4) is 0 Å². The molecule has 0 aromatic carbocycles. The molecule has 2 fully saturated rings. The summed E-state index contributed by atoms with van der Waals surface area (Å²) in [4.78, 5) is 0. The number of hydrogen-bond acceptors (Lipinski definition) is 4. The van der Waals surface area contributed by atoms with E-state index in [9.17, 15) is 16.8 Å². The van der Waals surface area contributed by atoms with Crippen molar-refractivity contribution in [2.24, 2.45) is 5.92 Å². The molecule has 1 saturated carbocycles. The Balaban J connectivity index is 1.89. The topological polar surface area (TPSA) is 71.5 Å². The molecule has 2 aliphatic rings. The maximum absolute atomic E-state index is 12.2. The average Bonchev–Trinajstić information content (AvgIpc) is 2.26. The molecule has 0 radical (unpaired) electrons. The van der Waals surface area contributed by atoms with Gasteiger partial charge in [0.2, 0.25) is 10.0 Å². The quantitative estimate of drug-likeness (QED) is 0.760. The van der Waals surface area contributed by atoms with Crippen LogP contribution in [0.25, 0.3) is 0 Å². The van der Waals surface area contributed by atoms with Crippen LogP contribution in [0.15, 0.2) is 0 Å². The third-order valence-electron chi connectivity index (χ3n) is 4.29. The van der Waals surface area contributed by atoms with Crippen LogP contribution in [0.1, 0.15) is 39.0 Å². The van der Waals surface area contributed by atoms with Crippen molar-refractivity contribution in [3.8, 4) is 0 Å². The van der Waals surface area contributed by atoms with Gasteiger partial charge in [0.25, 0.3) is 0 Å². The molecule has 2 rings (SSSR count). The fraction of sp³-hybridized carbons (Fsp3) is 1.00. The van der Waals surface area contributed by atoms with Gasteiger partial charge in [-0.15, -0.1) is 0 Å². The molecule has 1 aliphatic heterocycles. The number of hydrogen-bond donors (Lipinski definition) is 0. The normalized spacial score (nSPS) is 24.3. The Morgan fingerprint density at radius 3 is 2.11 bits per heavy atom. The van der Waals surface area contributed by atoms with E-state index in [-0.39, 0.29) is 30.5 Å². The van der Waals surface area contributed by atoms with E-state index in [0.29, 0.717) is 0 Å². The van der Waals surface area contributed by atoms with E-state index in [1.165, 1.54) is 10.7 Å². The van der Waals surface area contributed by atoms with Crippen LogP contribution in [0.2, 0.25) is 0 Å². The summed E-state index contributed by atoms with van der Waals surface area (Å²) in [5, 5.41) is -0.487. The standard InChI is InChI=1S/C12H23NO4S2/c1-2-18(14,15)12-8-13(9-12)19(16,17)10-11-6-4-3-5-7-11/h11-12H,2-10H2,1H3. The first-order chi connectivity index (χ1) is 8.85. The number of nitrogens with zero attached hydrogens (tertiary/aromatic N) is 1. The summed E-state index contributed by atoms with van der Waals surface area (Å²) in [5.74, 6) is 0.556. The third kappa shape index (κ3) is 3.49. The molecule has 0 aromatic rings. The first-order valence-corrected chi connectivity index (χ1v) is 10.4. The van der Waals surface area contributed by atoms with E-state index < -0.39 is 25.1 Å². The van der Waals surface area contributed by atoms with Crippen LogP contribution in [-0.2, 0) is 19.9 Å². The summed E-state index contributed by atoms with van der Waals surface area (Å²) in [5.41, 5.74) is 0. The minimum absolute atomic E-state index is 0.0914. The van der Waals surface area contributed by atoms with Gasteiger partial charge in [0.15, 0.2) is 9.84 Å². The van der Waals surface area contributed by atoms with Crippen molar-refractivity contribution in [3.05, 3.63) is 0 Å². The first-order valence-electron chi connectivity index (χ1n) is 7.04. The highest BCUT2D eigenvalue weighted by Gasteiger charge is 2.42. The molecule has 7 heteroatoms. The first kappa shape index (κ1) is 15.3. The van der Waals surface area contributed by atoms with Gasteiger partial charge in [0, 0.05) is 18.8 Å². The molecule has 1 saturated heterocycles. The van der Waals surface area contributed by atoms with Gasteiger partial charge in [-0.3, -0.25) is 0 Å². The van der Waals surface area contributed by atoms with Crippen molar-refractivity contribution in [1.29, 1.82) is 0 Å². The fourth-order valence-electron chi connectivity index (χ4n) is 2.85. The zero-order valence-corrected chi connectivity index (χ0v) is 13.0. The zero-order chi connectivity index (χ0) is 14.1. The summed E-state index contributed by atoms with van der Waals surface area (Å²) in [7, 11) is -6.35. The summed E-state index contributed by atoms with van der Waals surface area (Å²) < 4.78 is 48.9. The lowest BCUT2D eigenvalue weighted by Crippen LogP contribution is -2.58. The monoisotopic (exact) mass is 309 g/mol. The predicted molar refractivity (Wildman–Crippen MR) is 75.2 cm³/mol. The van der Waals surface area contributed by atoms with Crippen molar-refractivity contribution >= 4 is 19.9 Å². The molecule has 0 aromatic heterocycles. The van der Waals surface area contributed by atoms with Crippen LogP contribution < -0.4 is 0 Å². The minimum Gasteiger partial charge on any atom is -0.228 e. The summed E-state index contributed by atoms with van der Waals surface area (Å²) in [6.45, 7) is 1.92. The highest BCUT2D eigenvalue weighted by atomic mass is 32.2. The Kier molecular flexibility index (Phi) is 4.57. The average molecular weight is 309 g/mol. The molecule has 19 heavy (non-hydrogen) atoms. The molecule has 0 bridgehead atoms. The van der Waals surface area contributed by atoms with Crippen molar-refractivity contribution in [2.45, 2.75) is 44.3 Å². The predicted octanol–water partition coefficient (Wildman–Crippen LogP) is 1.02. The van der Waals surface area contributed by atoms with Crippen molar-refractivity contribution < 1.29 is 16.8 Å². The van der Waals surface area contributed by atoms with Gasteiger partial charge < -0.3 is 0 Å². The number of sulfone groups is 1. The molecule has 1 heterocycles. The lowest BCUT2D eigenvalue weighted by Gasteiger charge is -2.38. The second-order valence-corrected chi connectivity index (χ2v) is 10.3. The van der Waals surface area contributed by atoms with Crippen LogP contribution in [0, 0.1) is 5.92 Å². The molecule has 112 valence electrons. The SMILES string of the molecule is CCS(=O)(=O)C1CN(S(=O)(=O)CC2CCCCC2)C1. The van der Waals surface area contributed by atoms with Gasteiger partial charge >= 0.3 is 0 Å². The highest BCUT2D eigenvalue weighted by Crippen LogP contribution is 2.28. The molecule has 5 nitrogen and oxygen atoms in total. The fourth-order valence-corrected chi connectivity index (χ4v) is 6.28. The van der Waals surface area contributed by atoms with Gasteiger partial charge in [0.1, 0.15) is 0 Å². The molecular weight excluding hydrogens is 286 g/mol. The van der Waals surface area contributed by atoms with Gasteiger partial charge in [-0.2, -0.15) is 4.31 Å². The second-order valence-electron chi connectivity index (χ2n) is 5.67. The summed E-state index contributed by atoms with van der Waals surface area (Å²) in [6, 6.07) is 0. The molecule has 0 spiro atoms. The van der Waals surface area contributed by atoms with E-state index in [2.05, 4.69) is 0 Å².